The first-order chi connectivity index (χ1) is 18.3. The van der Waals surface area contributed by atoms with Gasteiger partial charge in [0.05, 0.1) is 4.90 Å². The lowest BCUT2D eigenvalue weighted by atomic mass is 9.98. The average Bonchev–Trinajstić information content (AvgIpc) is 3.62. The fraction of sp³-hybridized carbons (Fsp3) is 0.533. The van der Waals surface area contributed by atoms with Crippen LogP contribution in [0.3, 0.4) is 0 Å². The van der Waals surface area contributed by atoms with Gasteiger partial charge in [0.15, 0.2) is 0 Å². The van der Waals surface area contributed by atoms with Crippen molar-refractivity contribution < 1.29 is 17.5 Å². The monoisotopic (exact) mass is 569 g/mol. The first-order valence-corrected chi connectivity index (χ1v) is 19.1. The van der Waals surface area contributed by atoms with Crippen LogP contribution in [0.15, 0.2) is 47.8 Å². The Morgan fingerprint density at radius 3 is 2.54 bits per heavy atom. The molecule has 0 spiro atoms. The van der Waals surface area contributed by atoms with Gasteiger partial charge >= 0.3 is 0 Å². The summed E-state index contributed by atoms with van der Waals surface area (Å²) in [6, 6.07) is 8.93. The summed E-state index contributed by atoms with van der Waals surface area (Å²) in [5, 5.41) is 1.49. The van der Waals surface area contributed by atoms with E-state index in [4.69, 9.17) is 4.74 Å². The standard InChI is InChI=1S/C30H40FN3O3SSi/c1-30(2,31)19-34(20-37-11-12-39(3,4)5)38(35,36)29-26-15-23(22-7-6-10-32-17-22)13-24(26)14-25-18-33-28(16-27(25)29)21-8-9-21/h6-7,10,14,16-18,21,23H,8-9,11-13,15,19-20H2,1-5H3. The van der Waals surface area contributed by atoms with Crippen LogP contribution in [0.25, 0.3) is 10.8 Å². The molecule has 0 saturated heterocycles. The third-order valence-electron chi connectivity index (χ3n) is 7.64. The number of pyridine rings is 2. The molecule has 1 fully saturated rings. The molecule has 2 heterocycles. The van der Waals surface area contributed by atoms with E-state index in [2.05, 4.69) is 41.7 Å². The summed E-state index contributed by atoms with van der Waals surface area (Å²) in [6.07, 6.45) is 8.89. The molecule has 2 aliphatic rings. The van der Waals surface area contributed by atoms with Crippen LogP contribution in [0.2, 0.25) is 25.7 Å². The Morgan fingerprint density at radius 1 is 1.13 bits per heavy atom. The number of rotatable bonds is 11. The van der Waals surface area contributed by atoms with Crippen molar-refractivity contribution in [3.63, 3.8) is 0 Å². The molecule has 1 atom stereocenters. The van der Waals surface area contributed by atoms with E-state index < -0.39 is 23.8 Å². The highest BCUT2D eigenvalue weighted by molar-refractivity contribution is 7.89. The third-order valence-corrected chi connectivity index (χ3v) is 11.2. The van der Waals surface area contributed by atoms with Crippen molar-refractivity contribution in [1.29, 1.82) is 0 Å². The minimum absolute atomic E-state index is 0.134. The number of hydrogen-bond donors (Lipinski definition) is 0. The molecule has 0 aliphatic heterocycles. The SMILES string of the molecule is CC(C)(F)CN(COCC[Si](C)(C)C)S(=O)(=O)c1c2c(cc3cnc(C4CC4)cc13)CC(c1cccnc1)C2. The van der Waals surface area contributed by atoms with E-state index >= 15 is 4.39 Å². The minimum Gasteiger partial charge on any atom is -0.365 e. The van der Waals surface area contributed by atoms with E-state index in [1.165, 1.54) is 18.2 Å². The zero-order valence-electron chi connectivity index (χ0n) is 23.7. The van der Waals surface area contributed by atoms with Crippen molar-refractivity contribution in [2.75, 3.05) is 19.9 Å². The lowest BCUT2D eigenvalue weighted by molar-refractivity contribution is 0.0537. The summed E-state index contributed by atoms with van der Waals surface area (Å²) in [6.45, 7) is 9.59. The molecule has 0 amide bonds. The number of benzene rings is 1. The molecule has 1 aromatic carbocycles. The number of fused-ring (bicyclic) bond motifs is 2. The highest BCUT2D eigenvalue weighted by Crippen LogP contribution is 2.44. The molecule has 210 valence electrons. The van der Waals surface area contributed by atoms with Crippen LogP contribution in [0.4, 0.5) is 4.39 Å². The molecular weight excluding hydrogens is 529 g/mol. The molecule has 1 unspecified atom stereocenters. The van der Waals surface area contributed by atoms with E-state index in [-0.39, 0.29) is 19.2 Å². The van der Waals surface area contributed by atoms with Crippen molar-refractivity contribution in [2.24, 2.45) is 0 Å². The summed E-state index contributed by atoms with van der Waals surface area (Å²) in [4.78, 5) is 9.27. The highest BCUT2D eigenvalue weighted by Gasteiger charge is 2.38. The van der Waals surface area contributed by atoms with Crippen LogP contribution in [0.5, 0.6) is 0 Å². The van der Waals surface area contributed by atoms with Gasteiger partial charge in [-0.2, -0.15) is 4.31 Å². The normalized spacial score (nSPS) is 18.2. The van der Waals surface area contributed by atoms with E-state index in [1.807, 2.05) is 24.5 Å². The average molecular weight is 570 g/mol. The topological polar surface area (TPSA) is 72.4 Å². The Hall–Kier alpha value is -2.20. The maximum Gasteiger partial charge on any atom is 0.246 e. The third kappa shape index (κ3) is 6.59. The van der Waals surface area contributed by atoms with Gasteiger partial charge in [0.2, 0.25) is 10.0 Å². The van der Waals surface area contributed by atoms with Crippen LogP contribution in [-0.2, 0) is 27.6 Å². The number of nitrogens with zero attached hydrogens (tertiary/aromatic N) is 3. The summed E-state index contributed by atoms with van der Waals surface area (Å²) in [5.41, 5.74) is 2.14. The Morgan fingerprint density at radius 2 is 1.90 bits per heavy atom. The first kappa shape index (κ1) is 28.3. The van der Waals surface area contributed by atoms with Crippen molar-refractivity contribution in [1.82, 2.24) is 14.3 Å². The molecule has 3 aromatic rings. The number of halogens is 1. The fourth-order valence-electron chi connectivity index (χ4n) is 5.41. The van der Waals surface area contributed by atoms with Crippen LogP contribution in [0.1, 0.15) is 60.9 Å². The lowest BCUT2D eigenvalue weighted by Crippen LogP contribution is -2.42. The summed E-state index contributed by atoms with van der Waals surface area (Å²) in [7, 11) is -5.46. The molecule has 9 heteroatoms. The smallest absolute Gasteiger partial charge is 0.246 e. The van der Waals surface area contributed by atoms with Crippen molar-refractivity contribution in [3.05, 3.63) is 65.2 Å². The Kier molecular flexibility index (Phi) is 7.74. The number of aromatic nitrogens is 2. The lowest BCUT2D eigenvalue weighted by Gasteiger charge is -2.29. The van der Waals surface area contributed by atoms with Crippen molar-refractivity contribution in [3.8, 4) is 0 Å². The number of sulfonamides is 1. The largest absolute Gasteiger partial charge is 0.365 e. The quantitative estimate of drug-likeness (QED) is 0.151. The Labute approximate surface area is 233 Å². The summed E-state index contributed by atoms with van der Waals surface area (Å²) in [5.74, 6) is 0.515. The van der Waals surface area contributed by atoms with Gasteiger partial charge in [-0.1, -0.05) is 25.7 Å². The van der Waals surface area contributed by atoms with E-state index in [0.29, 0.717) is 29.2 Å². The zero-order chi connectivity index (χ0) is 28.0. The van der Waals surface area contributed by atoms with Gasteiger partial charge in [0, 0.05) is 62.2 Å². The summed E-state index contributed by atoms with van der Waals surface area (Å²) >= 11 is 0. The first-order valence-electron chi connectivity index (χ1n) is 13.9. The second kappa shape index (κ2) is 10.6. The zero-order valence-corrected chi connectivity index (χ0v) is 25.5. The van der Waals surface area contributed by atoms with E-state index in [9.17, 15) is 8.42 Å². The van der Waals surface area contributed by atoms with Gasteiger partial charge in [-0.3, -0.25) is 9.97 Å². The van der Waals surface area contributed by atoms with Crippen LogP contribution < -0.4 is 0 Å². The van der Waals surface area contributed by atoms with Crippen molar-refractivity contribution >= 4 is 28.9 Å². The van der Waals surface area contributed by atoms with Gasteiger partial charge in [-0.05, 0) is 86.4 Å². The molecule has 1 saturated carbocycles. The molecule has 0 N–H and O–H groups in total. The Balaban J connectivity index is 1.59. The van der Waals surface area contributed by atoms with E-state index in [1.54, 1.807) is 6.20 Å². The molecule has 6 nitrogen and oxygen atoms in total. The maximum atomic E-state index is 15.1. The predicted molar refractivity (Wildman–Crippen MR) is 156 cm³/mol. The molecule has 2 aromatic heterocycles. The van der Waals surface area contributed by atoms with Gasteiger partial charge in [-0.25, -0.2) is 12.8 Å². The van der Waals surface area contributed by atoms with Gasteiger partial charge in [-0.15, -0.1) is 0 Å². The van der Waals surface area contributed by atoms with Crippen LogP contribution >= 0.6 is 0 Å². The summed E-state index contributed by atoms with van der Waals surface area (Å²) < 4.78 is 51.3. The Bertz CT molecular complexity index is 1450. The predicted octanol–water partition coefficient (Wildman–Crippen LogP) is 6.44. The molecule has 5 rings (SSSR count). The fourth-order valence-corrected chi connectivity index (χ4v) is 8.10. The molecule has 0 radical (unpaired) electrons. The second-order valence-corrected chi connectivity index (χ2v) is 20.5. The molecule has 2 aliphatic carbocycles. The van der Waals surface area contributed by atoms with Gasteiger partial charge < -0.3 is 4.74 Å². The van der Waals surface area contributed by atoms with Gasteiger partial charge in [0.25, 0.3) is 0 Å². The molecule has 0 bridgehead atoms. The van der Waals surface area contributed by atoms with Crippen LogP contribution in [-0.4, -0.2) is 56.3 Å². The maximum absolute atomic E-state index is 15.1. The number of alkyl halides is 1. The minimum atomic E-state index is -4.09. The number of hydrogen-bond acceptors (Lipinski definition) is 5. The highest BCUT2D eigenvalue weighted by atomic mass is 32.2. The molecular formula is C30H40FN3O3SSi. The number of ether oxygens (including phenoxy) is 1. The second-order valence-electron chi connectivity index (χ2n) is 13.0. The van der Waals surface area contributed by atoms with Crippen molar-refractivity contribution in [2.45, 2.75) is 87.6 Å². The van der Waals surface area contributed by atoms with Crippen LogP contribution in [0, 0.1) is 0 Å². The van der Waals surface area contributed by atoms with Gasteiger partial charge in [0.1, 0.15) is 12.4 Å². The molecule has 39 heavy (non-hydrogen) atoms. The van der Waals surface area contributed by atoms with E-state index in [0.717, 1.165) is 53.1 Å².